The average molecular weight is 285 g/mol. The highest BCUT2D eigenvalue weighted by molar-refractivity contribution is 6.31. The summed E-state index contributed by atoms with van der Waals surface area (Å²) in [6, 6.07) is 1.55. The van der Waals surface area contributed by atoms with E-state index in [2.05, 4.69) is 12.2 Å². The summed E-state index contributed by atoms with van der Waals surface area (Å²) in [4.78, 5) is 12.3. The van der Waals surface area contributed by atoms with E-state index in [1.165, 1.54) is 0 Å². The summed E-state index contributed by atoms with van der Waals surface area (Å²) in [6.07, 6.45) is 5.98. The van der Waals surface area contributed by atoms with Crippen molar-refractivity contribution in [3.05, 3.63) is 23.0 Å². The van der Waals surface area contributed by atoms with Crippen LogP contribution in [0.2, 0.25) is 5.02 Å². The highest BCUT2D eigenvalue weighted by atomic mass is 35.5. The Morgan fingerprint density at radius 2 is 2.26 bits per heavy atom. The number of rotatable bonds is 4. The molecule has 1 saturated carbocycles. The van der Waals surface area contributed by atoms with Gasteiger partial charge < -0.3 is 15.0 Å². The fraction of sp³-hybridized carbons (Fsp3) is 0.643. The molecule has 106 valence electrons. The molecule has 1 heterocycles. The number of aliphatic hydroxyl groups excluding tert-OH is 1. The zero-order valence-corrected chi connectivity index (χ0v) is 12.0. The molecule has 0 spiro atoms. The van der Waals surface area contributed by atoms with Crippen molar-refractivity contribution in [2.45, 2.75) is 57.7 Å². The van der Waals surface area contributed by atoms with Crippen molar-refractivity contribution in [1.29, 1.82) is 0 Å². The molecule has 2 N–H and O–H groups in total. The second kappa shape index (κ2) is 6.44. The molecule has 1 aromatic heterocycles. The topological polar surface area (TPSA) is 54.3 Å². The number of hydrogen-bond acceptors (Lipinski definition) is 2. The van der Waals surface area contributed by atoms with Crippen LogP contribution in [0.15, 0.2) is 12.3 Å². The van der Waals surface area contributed by atoms with E-state index in [1.54, 1.807) is 12.3 Å². The van der Waals surface area contributed by atoms with Crippen molar-refractivity contribution in [1.82, 2.24) is 9.88 Å². The van der Waals surface area contributed by atoms with Gasteiger partial charge in [-0.25, -0.2) is 0 Å². The fourth-order valence-corrected chi connectivity index (χ4v) is 2.83. The van der Waals surface area contributed by atoms with Gasteiger partial charge in [0, 0.05) is 12.7 Å². The van der Waals surface area contributed by atoms with Crippen LogP contribution in [0.4, 0.5) is 0 Å². The van der Waals surface area contributed by atoms with Crippen LogP contribution >= 0.6 is 11.6 Å². The first-order chi connectivity index (χ1) is 9.11. The van der Waals surface area contributed by atoms with Crippen molar-refractivity contribution in [2.75, 3.05) is 0 Å². The largest absolute Gasteiger partial charge is 0.391 e. The first kappa shape index (κ1) is 14.4. The minimum absolute atomic E-state index is 0.134. The van der Waals surface area contributed by atoms with Gasteiger partial charge in [0.25, 0.3) is 5.91 Å². The van der Waals surface area contributed by atoms with E-state index in [1.807, 2.05) is 4.57 Å². The lowest BCUT2D eigenvalue weighted by atomic mass is 9.92. The Bertz CT molecular complexity index is 445. The summed E-state index contributed by atoms with van der Waals surface area (Å²) >= 11 is 5.97. The normalized spacial score (nSPS) is 23.3. The van der Waals surface area contributed by atoms with Gasteiger partial charge in [0.05, 0.1) is 17.2 Å². The number of nitrogens with zero attached hydrogens (tertiary/aromatic N) is 1. The molecule has 2 rings (SSSR count). The molecule has 2 unspecified atom stereocenters. The minimum Gasteiger partial charge on any atom is -0.391 e. The van der Waals surface area contributed by atoms with Crippen LogP contribution in [0.5, 0.6) is 0 Å². The number of nitrogens with one attached hydrogen (secondary N) is 1. The van der Waals surface area contributed by atoms with Crippen LogP contribution < -0.4 is 5.32 Å². The van der Waals surface area contributed by atoms with Crippen LogP contribution in [0.25, 0.3) is 0 Å². The standard InChI is InChI=1S/C14H21ClN2O2/c1-2-7-17-9-10(15)8-12(17)14(19)16-11-5-3-4-6-13(11)18/h8-9,11,13,18H,2-7H2,1H3,(H,16,19). The van der Waals surface area contributed by atoms with Crippen molar-refractivity contribution in [2.24, 2.45) is 0 Å². The van der Waals surface area contributed by atoms with Gasteiger partial charge in [0.1, 0.15) is 5.69 Å². The van der Waals surface area contributed by atoms with Gasteiger partial charge in [0.2, 0.25) is 0 Å². The van der Waals surface area contributed by atoms with E-state index in [0.29, 0.717) is 10.7 Å². The van der Waals surface area contributed by atoms with Crippen LogP contribution in [0.3, 0.4) is 0 Å². The molecule has 4 nitrogen and oxygen atoms in total. The average Bonchev–Trinajstić information content (AvgIpc) is 2.74. The second-order valence-corrected chi connectivity index (χ2v) is 5.61. The van der Waals surface area contributed by atoms with E-state index in [-0.39, 0.29) is 11.9 Å². The number of amides is 1. The Balaban J connectivity index is 2.06. The van der Waals surface area contributed by atoms with Crippen molar-refractivity contribution >= 4 is 17.5 Å². The second-order valence-electron chi connectivity index (χ2n) is 5.17. The van der Waals surface area contributed by atoms with Gasteiger partial charge in [-0.05, 0) is 25.3 Å². The van der Waals surface area contributed by atoms with E-state index >= 15 is 0 Å². The fourth-order valence-electron chi connectivity index (χ4n) is 2.61. The Labute approximate surface area is 118 Å². The van der Waals surface area contributed by atoms with Gasteiger partial charge in [0.15, 0.2) is 0 Å². The summed E-state index contributed by atoms with van der Waals surface area (Å²) in [6.45, 7) is 2.82. The van der Waals surface area contributed by atoms with Gasteiger partial charge in [-0.2, -0.15) is 0 Å². The molecule has 19 heavy (non-hydrogen) atoms. The summed E-state index contributed by atoms with van der Waals surface area (Å²) in [5.41, 5.74) is 0.574. The number of aryl methyl sites for hydroxylation is 1. The molecule has 0 bridgehead atoms. The van der Waals surface area contributed by atoms with Crippen LogP contribution in [-0.4, -0.2) is 27.7 Å². The van der Waals surface area contributed by atoms with Gasteiger partial charge in [-0.1, -0.05) is 31.4 Å². The number of carbonyl (C=O) groups excluding carboxylic acids is 1. The SMILES string of the molecule is CCCn1cc(Cl)cc1C(=O)NC1CCCCC1O. The number of carbonyl (C=O) groups is 1. The van der Waals surface area contributed by atoms with Crippen LogP contribution in [0.1, 0.15) is 49.5 Å². The van der Waals surface area contributed by atoms with Gasteiger partial charge in [-0.15, -0.1) is 0 Å². The molecule has 0 aromatic carbocycles. The Morgan fingerprint density at radius 3 is 2.95 bits per heavy atom. The maximum Gasteiger partial charge on any atom is 0.268 e. The molecule has 0 aliphatic heterocycles. The van der Waals surface area contributed by atoms with E-state index in [0.717, 1.165) is 38.6 Å². The smallest absolute Gasteiger partial charge is 0.268 e. The zero-order chi connectivity index (χ0) is 13.8. The lowest BCUT2D eigenvalue weighted by molar-refractivity contribution is 0.0710. The van der Waals surface area contributed by atoms with Crippen LogP contribution in [-0.2, 0) is 6.54 Å². The first-order valence-corrected chi connectivity index (χ1v) is 7.34. The number of hydrogen-bond donors (Lipinski definition) is 2. The molecule has 5 heteroatoms. The maximum atomic E-state index is 12.3. The van der Waals surface area contributed by atoms with Crippen molar-refractivity contribution < 1.29 is 9.90 Å². The summed E-state index contributed by atoms with van der Waals surface area (Å²) in [5.74, 6) is -0.147. The highest BCUT2D eigenvalue weighted by Crippen LogP contribution is 2.20. The number of aliphatic hydroxyl groups is 1. The molecule has 2 atom stereocenters. The van der Waals surface area contributed by atoms with E-state index in [4.69, 9.17) is 11.6 Å². The molecule has 1 fully saturated rings. The predicted octanol–water partition coefficient (Wildman–Crippen LogP) is 2.58. The number of halogens is 1. The maximum absolute atomic E-state index is 12.3. The van der Waals surface area contributed by atoms with Crippen molar-refractivity contribution in [3.63, 3.8) is 0 Å². The third kappa shape index (κ3) is 3.51. The van der Waals surface area contributed by atoms with Crippen LogP contribution in [0, 0.1) is 0 Å². The minimum atomic E-state index is -0.428. The molecule has 1 aliphatic rings. The predicted molar refractivity (Wildman–Crippen MR) is 75.5 cm³/mol. The molecular formula is C14H21ClN2O2. The molecule has 1 aromatic rings. The summed E-state index contributed by atoms with van der Waals surface area (Å²) < 4.78 is 1.87. The third-order valence-electron chi connectivity index (χ3n) is 3.61. The zero-order valence-electron chi connectivity index (χ0n) is 11.2. The monoisotopic (exact) mass is 284 g/mol. The van der Waals surface area contributed by atoms with E-state index in [9.17, 15) is 9.90 Å². The Hall–Kier alpha value is -1.00. The van der Waals surface area contributed by atoms with Gasteiger partial charge in [-0.3, -0.25) is 4.79 Å². The summed E-state index contributed by atoms with van der Waals surface area (Å²) in [7, 11) is 0. The van der Waals surface area contributed by atoms with Gasteiger partial charge >= 0.3 is 0 Å². The quantitative estimate of drug-likeness (QED) is 0.893. The highest BCUT2D eigenvalue weighted by Gasteiger charge is 2.25. The Kier molecular flexibility index (Phi) is 4.88. The molecule has 0 saturated heterocycles. The number of aromatic nitrogens is 1. The molecule has 1 aliphatic carbocycles. The lowest BCUT2D eigenvalue weighted by Crippen LogP contribution is -2.45. The van der Waals surface area contributed by atoms with E-state index < -0.39 is 6.10 Å². The molecular weight excluding hydrogens is 264 g/mol. The summed E-state index contributed by atoms with van der Waals surface area (Å²) in [5, 5.41) is 13.4. The third-order valence-corrected chi connectivity index (χ3v) is 3.81. The molecule has 0 radical (unpaired) electrons. The Morgan fingerprint density at radius 1 is 1.53 bits per heavy atom. The lowest BCUT2D eigenvalue weighted by Gasteiger charge is -2.28. The van der Waals surface area contributed by atoms with Crippen molar-refractivity contribution in [3.8, 4) is 0 Å². The molecule has 1 amide bonds. The first-order valence-electron chi connectivity index (χ1n) is 6.96.